The highest BCUT2D eigenvalue weighted by molar-refractivity contribution is 6.08. The topological polar surface area (TPSA) is 122 Å². The molecule has 0 fully saturated rings. The number of pyridine rings is 1. The maximum absolute atomic E-state index is 12.9. The Morgan fingerprint density at radius 3 is 2.77 bits per heavy atom. The van der Waals surface area contributed by atoms with Gasteiger partial charge in [-0.25, -0.2) is 9.78 Å². The second kappa shape index (κ2) is 8.31. The number of amides is 1. The van der Waals surface area contributed by atoms with E-state index in [-0.39, 0.29) is 11.7 Å². The number of ether oxygens (including phenoxy) is 1. The van der Waals surface area contributed by atoms with E-state index in [1.165, 1.54) is 0 Å². The van der Waals surface area contributed by atoms with Gasteiger partial charge >= 0.3 is 5.76 Å². The van der Waals surface area contributed by atoms with Gasteiger partial charge in [0.05, 0.1) is 18.4 Å². The molecular weight excluding hydrogens is 386 g/mol. The number of nitrogens with one attached hydrogen (secondary N) is 3. The molecule has 0 saturated carbocycles. The molecule has 3 N–H and O–H groups in total. The fraction of sp³-hybridized carbons (Fsp3) is 0.0476. The average Bonchev–Trinajstić information content (AvgIpc) is 3.21. The van der Waals surface area contributed by atoms with Crippen LogP contribution in [0.15, 0.2) is 76.2 Å². The molecule has 150 valence electrons. The molecule has 9 nitrogen and oxygen atoms in total. The number of rotatable bonds is 6. The third-order valence-corrected chi connectivity index (χ3v) is 4.25. The normalized spacial score (nSPS) is 10.4. The van der Waals surface area contributed by atoms with Gasteiger partial charge in [-0.1, -0.05) is 29.4 Å². The first kappa shape index (κ1) is 18.9. The van der Waals surface area contributed by atoms with Crippen molar-refractivity contribution in [2.45, 2.75) is 0 Å². The number of anilines is 3. The zero-order chi connectivity index (χ0) is 20.9. The molecule has 0 atom stereocenters. The second-order valence-electron chi connectivity index (χ2n) is 6.20. The number of carbonyl (C=O) groups excluding carboxylic acids is 1. The molecular formula is C21H17N5O4. The molecule has 2 aromatic carbocycles. The number of H-pyrrole nitrogens is 1. The van der Waals surface area contributed by atoms with E-state index in [0.717, 1.165) is 0 Å². The monoisotopic (exact) mass is 403 g/mol. The van der Waals surface area contributed by atoms with Gasteiger partial charge < -0.3 is 15.4 Å². The molecule has 0 aliphatic rings. The highest BCUT2D eigenvalue weighted by Gasteiger charge is 2.15. The van der Waals surface area contributed by atoms with E-state index in [4.69, 9.17) is 4.74 Å². The summed E-state index contributed by atoms with van der Waals surface area (Å²) in [7, 11) is 1.57. The summed E-state index contributed by atoms with van der Waals surface area (Å²) in [4.78, 5) is 30.8. The van der Waals surface area contributed by atoms with E-state index in [1.54, 1.807) is 49.7 Å². The Balaban J connectivity index is 1.58. The van der Waals surface area contributed by atoms with Crippen LogP contribution in [0.3, 0.4) is 0 Å². The lowest BCUT2D eigenvalue weighted by atomic mass is 10.1. The van der Waals surface area contributed by atoms with Gasteiger partial charge in [-0.05, 0) is 36.4 Å². The molecule has 4 rings (SSSR count). The Bertz CT molecular complexity index is 1250. The van der Waals surface area contributed by atoms with Crippen LogP contribution in [0.1, 0.15) is 10.4 Å². The zero-order valence-electron chi connectivity index (χ0n) is 15.9. The molecule has 0 radical (unpaired) electrons. The number of nitrogens with zero attached hydrogens (tertiary/aromatic N) is 2. The molecule has 0 unspecified atom stereocenters. The summed E-state index contributed by atoms with van der Waals surface area (Å²) in [6, 6.07) is 17.6. The van der Waals surface area contributed by atoms with Gasteiger partial charge in [0.2, 0.25) is 0 Å². The van der Waals surface area contributed by atoms with Crippen molar-refractivity contribution < 1.29 is 14.1 Å². The molecule has 2 aromatic heterocycles. The molecule has 4 aromatic rings. The Hall–Kier alpha value is -4.40. The van der Waals surface area contributed by atoms with Gasteiger partial charge in [0, 0.05) is 17.4 Å². The molecule has 9 heteroatoms. The molecule has 0 aliphatic carbocycles. The fourth-order valence-electron chi connectivity index (χ4n) is 2.86. The van der Waals surface area contributed by atoms with E-state index in [1.807, 2.05) is 24.3 Å². The van der Waals surface area contributed by atoms with Crippen molar-refractivity contribution in [1.29, 1.82) is 0 Å². The lowest BCUT2D eigenvalue weighted by molar-refractivity contribution is 0.102. The van der Waals surface area contributed by atoms with Crippen LogP contribution in [0.2, 0.25) is 0 Å². The molecule has 0 aliphatic heterocycles. The predicted octanol–water partition coefficient (Wildman–Crippen LogP) is 3.43. The third kappa shape index (κ3) is 4.04. The first-order valence-electron chi connectivity index (χ1n) is 8.97. The fourth-order valence-corrected chi connectivity index (χ4v) is 2.86. The van der Waals surface area contributed by atoms with E-state index < -0.39 is 5.76 Å². The third-order valence-electron chi connectivity index (χ3n) is 4.25. The van der Waals surface area contributed by atoms with Crippen molar-refractivity contribution in [3.63, 3.8) is 0 Å². The van der Waals surface area contributed by atoms with E-state index in [9.17, 15) is 9.59 Å². The lowest BCUT2D eigenvalue weighted by Crippen LogP contribution is -2.14. The highest BCUT2D eigenvalue weighted by Crippen LogP contribution is 2.28. The van der Waals surface area contributed by atoms with Crippen LogP contribution in [0.4, 0.5) is 17.2 Å². The standard InChI is InChI=1S/C21H17N5O4/c1-29-17-10-3-2-9-16(17)24-19-15(8-5-11-22-19)20(27)23-14-7-4-6-13(12-14)18-25-21(28)30-26-18/h2-12H,1H3,(H,22,24)(H,23,27)(H,25,26,28). The van der Waals surface area contributed by atoms with Gasteiger partial charge in [-0.15, -0.1) is 0 Å². The average molecular weight is 403 g/mol. The minimum Gasteiger partial charge on any atom is -0.495 e. The summed E-state index contributed by atoms with van der Waals surface area (Å²) in [6.07, 6.45) is 1.59. The van der Waals surface area contributed by atoms with E-state index in [0.29, 0.717) is 34.1 Å². The van der Waals surface area contributed by atoms with Gasteiger partial charge in [0.1, 0.15) is 11.6 Å². The van der Waals surface area contributed by atoms with E-state index >= 15 is 0 Å². The quantitative estimate of drug-likeness (QED) is 0.451. The Kier molecular flexibility index (Phi) is 5.25. The lowest BCUT2D eigenvalue weighted by Gasteiger charge is -2.13. The predicted molar refractivity (Wildman–Crippen MR) is 111 cm³/mol. The summed E-state index contributed by atoms with van der Waals surface area (Å²) in [5, 5.41) is 9.62. The number of hydrogen-bond donors (Lipinski definition) is 3. The molecule has 0 saturated heterocycles. The van der Waals surface area contributed by atoms with Crippen LogP contribution < -0.4 is 21.1 Å². The highest BCUT2D eigenvalue weighted by atomic mass is 16.5. The molecule has 0 spiro atoms. The summed E-state index contributed by atoms with van der Waals surface area (Å²) in [6.45, 7) is 0. The maximum atomic E-state index is 12.9. The van der Waals surface area contributed by atoms with Crippen LogP contribution in [0.25, 0.3) is 11.4 Å². The molecule has 1 amide bonds. The maximum Gasteiger partial charge on any atom is 0.439 e. The Morgan fingerprint density at radius 2 is 1.97 bits per heavy atom. The van der Waals surface area contributed by atoms with Crippen LogP contribution >= 0.6 is 0 Å². The SMILES string of the molecule is COc1ccccc1Nc1ncccc1C(=O)Nc1cccc(-c2noc(=O)[nH]2)c1. The smallest absolute Gasteiger partial charge is 0.439 e. The van der Waals surface area contributed by atoms with Gasteiger partial charge in [0.25, 0.3) is 5.91 Å². The summed E-state index contributed by atoms with van der Waals surface area (Å²) in [5.74, 6) is 0.282. The minimum absolute atomic E-state index is 0.274. The summed E-state index contributed by atoms with van der Waals surface area (Å²) < 4.78 is 9.87. The first-order valence-corrected chi connectivity index (χ1v) is 8.97. The number of carbonyl (C=O) groups is 1. The molecule has 30 heavy (non-hydrogen) atoms. The van der Waals surface area contributed by atoms with Gasteiger partial charge in [-0.3, -0.25) is 14.3 Å². The van der Waals surface area contributed by atoms with Crippen LogP contribution in [-0.2, 0) is 0 Å². The number of aromatic amines is 1. The Labute approximate surface area is 170 Å². The van der Waals surface area contributed by atoms with Crippen molar-refractivity contribution in [1.82, 2.24) is 15.1 Å². The van der Waals surface area contributed by atoms with Crippen molar-refractivity contribution in [3.8, 4) is 17.1 Å². The van der Waals surface area contributed by atoms with Crippen LogP contribution in [0, 0.1) is 0 Å². The molecule has 2 heterocycles. The van der Waals surface area contributed by atoms with Gasteiger partial charge in [-0.2, -0.15) is 0 Å². The molecule has 0 bridgehead atoms. The minimum atomic E-state index is -0.651. The van der Waals surface area contributed by atoms with Crippen LogP contribution in [0.5, 0.6) is 5.75 Å². The summed E-state index contributed by atoms with van der Waals surface area (Å²) in [5.41, 5.74) is 2.15. The van der Waals surface area contributed by atoms with Crippen LogP contribution in [-0.4, -0.2) is 28.1 Å². The van der Waals surface area contributed by atoms with Crippen molar-refractivity contribution in [2.75, 3.05) is 17.7 Å². The van der Waals surface area contributed by atoms with Gasteiger partial charge in [0.15, 0.2) is 5.82 Å². The largest absolute Gasteiger partial charge is 0.495 e. The number of aromatic nitrogens is 3. The van der Waals surface area contributed by atoms with E-state index in [2.05, 4.69) is 30.3 Å². The Morgan fingerprint density at radius 1 is 1.10 bits per heavy atom. The van der Waals surface area contributed by atoms with Crippen molar-refractivity contribution in [2.24, 2.45) is 0 Å². The second-order valence-corrected chi connectivity index (χ2v) is 6.20. The first-order chi connectivity index (χ1) is 14.6. The number of hydrogen-bond acceptors (Lipinski definition) is 7. The number of benzene rings is 2. The number of methoxy groups -OCH3 is 1. The summed E-state index contributed by atoms with van der Waals surface area (Å²) >= 11 is 0. The van der Waals surface area contributed by atoms with Crippen molar-refractivity contribution >= 4 is 23.1 Å². The van der Waals surface area contributed by atoms with Crippen molar-refractivity contribution in [3.05, 3.63) is 83.0 Å². The zero-order valence-corrected chi connectivity index (χ0v) is 15.9. The number of para-hydroxylation sites is 2.